The maximum absolute atomic E-state index is 13.2. The van der Waals surface area contributed by atoms with Gasteiger partial charge in [-0.1, -0.05) is 35.9 Å². The molecule has 2 aliphatic rings. The van der Waals surface area contributed by atoms with Crippen molar-refractivity contribution in [2.75, 3.05) is 26.2 Å². The van der Waals surface area contributed by atoms with E-state index in [-0.39, 0.29) is 17.0 Å². The molecular formula is C22H25N5O3S2. The van der Waals surface area contributed by atoms with Crippen LogP contribution in [-0.4, -0.2) is 69.5 Å². The average molecular weight is 472 g/mol. The lowest BCUT2D eigenvalue weighted by atomic mass is 10.1. The van der Waals surface area contributed by atoms with Crippen molar-refractivity contribution >= 4 is 38.8 Å². The minimum atomic E-state index is -3.65. The largest absolute Gasteiger partial charge is 0.320 e. The molecule has 3 heterocycles. The van der Waals surface area contributed by atoms with Crippen LogP contribution in [0.2, 0.25) is 0 Å². The number of fused-ring (bicyclic) bond motifs is 1. The topological polar surface area (TPSA) is 86.7 Å². The lowest BCUT2D eigenvalue weighted by Crippen LogP contribution is -2.48. The summed E-state index contributed by atoms with van der Waals surface area (Å²) in [5.74, 6) is 0. The third-order valence-corrected chi connectivity index (χ3v) is 8.82. The predicted molar refractivity (Wildman–Crippen MR) is 123 cm³/mol. The van der Waals surface area contributed by atoms with E-state index in [4.69, 9.17) is 0 Å². The fourth-order valence-corrected chi connectivity index (χ4v) is 6.75. The minimum absolute atomic E-state index is 0.0465. The molecule has 10 heteroatoms. The molecule has 0 atom stereocenters. The van der Waals surface area contributed by atoms with Crippen molar-refractivity contribution in [2.24, 2.45) is 0 Å². The molecule has 0 spiro atoms. The van der Waals surface area contributed by atoms with Crippen molar-refractivity contribution < 1.29 is 13.2 Å². The zero-order valence-electron chi connectivity index (χ0n) is 17.8. The van der Waals surface area contributed by atoms with Crippen LogP contribution >= 0.6 is 11.7 Å². The van der Waals surface area contributed by atoms with Crippen LogP contribution in [0.25, 0.3) is 11.0 Å². The Morgan fingerprint density at radius 2 is 1.75 bits per heavy atom. The van der Waals surface area contributed by atoms with Gasteiger partial charge < -0.3 is 9.80 Å². The number of amides is 2. The van der Waals surface area contributed by atoms with Gasteiger partial charge in [-0.2, -0.15) is 13.1 Å². The van der Waals surface area contributed by atoms with E-state index >= 15 is 0 Å². The van der Waals surface area contributed by atoms with Crippen LogP contribution in [-0.2, 0) is 16.6 Å². The fourth-order valence-electron chi connectivity index (χ4n) is 4.52. The molecule has 168 valence electrons. The summed E-state index contributed by atoms with van der Waals surface area (Å²) in [5, 5.41) is 0. The molecule has 2 aromatic carbocycles. The highest BCUT2D eigenvalue weighted by atomic mass is 32.2. The number of aryl methyl sites for hydroxylation is 1. The van der Waals surface area contributed by atoms with E-state index in [1.54, 1.807) is 18.2 Å². The molecule has 2 saturated heterocycles. The molecule has 2 aliphatic heterocycles. The molecule has 0 aliphatic carbocycles. The van der Waals surface area contributed by atoms with Crippen molar-refractivity contribution in [1.82, 2.24) is 22.9 Å². The van der Waals surface area contributed by atoms with Gasteiger partial charge in [0.15, 0.2) is 0 Å². The second-order valence-electron chi connectivity index (χ2n) is 8.41. The maximum atomic E-state index is 13.2. The molecule has 1 aromatic heterocycles. The molecule has 0 saturated carbocycles. The van der Waals surface area contributed by atoms with E-state index < -0.39 is 10.0 Å². The number of carbonyl (C=O) groups excluding carboxylic acids is 1. The van der Waals surface area contributed by atoms with Crippen molar-refractivity contribution in [3.63, 3.8) is 0 Å². The Labute approximate surface area is 191 Å². The van der Waals surface area contributed by atoms with Gasteiger partial charge in [0, 0.05) is 38.8 Å². The molecule has 0 bridgehead atoms. The standard InChI is InChI=1S/C22H25N5O3S2/c1-16-5-7-17(8-6-16)15-25-13-14-27(22(25)28)18-9-11-26(12-10-18)32(29,30)20-4-2-3-19-21(20)24-31-23-19/h2-8,18H,9-15H2,1H3. The quantitative estimate of drug-likeness (QED) is 0.571. The van der Waals surface area contributed by atoms with E-state index in [1.165, 1.54) is 9.87 Å². The molecule has 0 radical (unpaired) electrons. The fraction of sp³-hybridized carbons (Fsp3) is 0.409. The Bertz CT molecular complexity index is 1230. The Hall–Kier alpha value is -2.56. The predicted octanol–water partition coefficient (Wildman–Crippen LogP) is 3.09. The van der Waals surface area contributed by atoms with E-state index in [0.29, 0.717) is 56.6 Å². The smallest absolute Gasteiger partial charge is 0.320 e. The average Bonchev–Trinajstić information content (AvgIpc) is 3.42. The van der Waals surface area contributed by atoms with Gasteiger partial charge in [0.2, 0.25) is 10.0 Å². The summed E-state index contributed by atoms with van der Waals surface area (Å²) in [6.45, 7) is 4.82. The summed E-state index contributed by atoms with van der Waals surface area (Å²) in [4.78, 5) is 17.0. The Balaban J connectivity index is 1.23. The third kappa shape index (κ3) is 3.87. The van der Waals surface area contributed by atoms with Gasteiger partial charge in [-0.25, -0.2) is 13.2 Å². The Morgan fingerprint density at radius 1 is 1.00 bits per heavy atom. The zero-order chi connectivity index (χ0) is 22.3. The number of benzene rings is 2. The van der Waals surface area contributed by atoms with Gasteiger partial charge in [-0.15, -0.1) is 0 Å². The van der Waals surface area contributed by atoms with Crippen LogP contribution in [0.4, 0.5) is 4.79 Å². The number of urea groups is 1. The monoisotopic (exact) mass is 471 g/mol. The second-order valence-corrected chi connectivity index (χ2v) is 10.8. The molecule has 2 amide bonds. The van der Waals surface area contributed by atoms with E-state index in [2.05, 4.69) is 33.0 Å². The number of piperidine rings is 1. The Kier molecular flexibility index (Phi) is 5.60. The lowest BCUT2D eigenvalue weighted by Gasteiger charge is -2.35. The van der Waals surface area contributed by atoms with Crippen molar-refractivity contribution in [3.05, 3.63) is 53.6 Å². The van der Waals surface area contributed by atoms with Gasteiger partial charge in [0.05, 0.1) is 11.7 Å². The van der Waals surface area contributed by atoms with Crippen molar-refractivity contribution in [3.8, 4) is 0 Å². The number of sulfonamides is 1. The molecule has 2 fully saturated rings. The van der Waals surface area contributed by atoms with Crippen molar-refractivity contribution in [2.45, 2.75) is 37.2 Å². The highest BCUT2D eigenvalue weighted by Gasteiger charge is 2.38. The maximum Gasteiger partial charge on any atom is 0.320 e. The first-order valence-electron chi connectivity index (χ1n) is 10.8. The van der Waals surface area contributed by atoms with Gasteiger partial charge >= 0.3 is 6.03 Å². The van der Waals surface area contributed by atoms with E-state index in [0.717, 1.165) is 17.3 Å². The van der Waals surface area contributed by atoms with Crippen LogP contribution < -0.4 is 0 Å². The highest BCUT2D eigenvalue weighted by molar-refractivity contribution is 7.89. The van der Waals surface area contributed by atoms with Crippen LogP contribution in [0.1, 0.15) is 24.0 Å². The van der Waals surface area contributed by atoms with Crippen LogP contribution in [0.15, 0.2) is 47.4 Å². The first-order valence-corrected chi connectivity index (χ1v) is 12.9. The van der Waals surface area contributed by atoms with Crippen LogP contribution in [0, 0.1) is 6.92 Å². The number of hydrogen-bond donors (Lipinski definition) is 0. The van der Waals surface area contributed by atoms with Gasteiger partial charge in [0.25, 0.3) is 0 Å². The lowest BCUT2D eigenvalue weighted by molar-refractivity contribution is 0.153. The Morgan fingerprint density at radius 3 is 2.50 bits per heavy atom. The number of hydrogen-bond acceptors (Lipinski definition) is 6. The van der Waals surface area contributed by atoms with E-state index in [1.807, 2.05) is 16.7 Å². The normalized spacial score (nSPS) is 18.7. The summed E-state index contributed by atoms with van der Waals surface area (Å²) in [6, 6.07) is 13.4. The molecule has 0 N–H and O–H groups in total. The van der Waals surface area contributed by atoms with Crippen LogP contribution in [0.5, 0.6) is 0 Å². The SMILES string of the molecule is Cc1ccc(CN2CCN(C3CCN(S(=O)(=O)c4cccc5nsnc45)CC3)C2=O)cc1. The second kappa shape index (κ2) is 8.42. The number of aromatic nitrogens is 2. The first-order chi connectivity index (χ1) is 15.4. The number of nitrogens with zero attached hydrogens (tertiary/aromatic N) is 5. The molecule has 8 nitrogen and oxygen atoms in total. The highest BCUT2D eigenvalue weighted by Crippen LogP contribution is 2.29. The minimum Gasteiger partial charge on any atom is -0.320 e. The molecule has 32 heavy (non-hydrogen) atoms. The number of carbonyl (C=O) groups is 1. The van der Waals surface area contributed by atoms with Gasteiger partial charge in [-0.3, -0.25) is 0 Å². The summed E-state index contributed by atoms with van der Waals surface area (Å²) >= 11 is 1.02. The zero-order valence-corrected chi connectivity index (χ0v) is 19.5. The third-order valence-electron chi connectivity index (χ3n) is 6.35. The van der Waals surface area contributed by atoms with Gasteiger partial charge in [-0.05, 0) is 37.5 Å². The summed E-state index contributed by atoms with van der Waals surface area (Å²) < 4.78 is 36.3. The molecular weight excluding hydrogens is 446 g/mol. The van der Waals surface area contributed by atoms with Gasteiger partial charge in [0.1, 0.15) is 15.9 Å². The summed E-state index contributed by atoms with van der Waals surface area (Å²) in [7, 11) is -3.65. The molecule has 5 rings (SSSR count). The van der Waals surface area contributed by atoms with E-state index in [9.17, 15) is 13.2 Å². The summed E-state index contributed by atoms with van der Waals surface area (Å²) in [6.07, 6.45) is 1.27. The molecule has 3 aromatic rings. The number of rotatable bonds is 5. The van der Waals surface area contributed by atoms with Crippen LogP contribution in [0.3, 0.4) is 0 Å². The summed E-state index contributed by atoms with van der Waals surface area (Å²) in [5.41, 5.74) is 3.35. The first kappa shape index (κ1) is 21.3. The van der Waals surface area contributed by atoms with Crippen molar-refractivity contribution in [1.29, 1.82) is 0 Å². The molecule has 0 unspecified atom stereocenters.